The summed E-state index contributed by atoms with van der Waals surface area (Å²) in [4.78, 5) is -0.00593. The van der Waals surface area contributed by atoms with Gasteiger partial charge in [0.15, 0.2) is 11.5 Å². The number of rotatable bonds is 6. The SMILES string of the molecule is COc1ccc(S(N)(=O)=O)c(CCCO)c1OC. The molecule has 0 fully saturated rings. The number of ether oxygens (including phenoxy) is 2. The topological polar surface area (TPSA) is 98.9 Å². The molecule has 1 aromatic carbocycles. The Bertz CT molecular complexity index is 512. The normalized spacial score (nSPS) is 11.3. The highest BCUT2D eigenvalue weighted by Gasteiger charge is 2.20. The summed E-state index contributed by atoms with van der Waals surface area (Å²) in [5, 5.41) is 14.0. The van der Waals surface area contributed by atoms with Crippen molar-refractivity contribution in [1.29, 1.82) is 0 Å². The lowest BCUT2D eigenvalue weighted by molar-refractivity contribution is 0.286. The van der Waals surface area contributed by atoms with Crippen molar-refractivity contribution in [2.75, 3.05) is 20.8 Å². The van der Waals surface area contributed by atoms with Crippen LogP contribution >= 0.6 is 0 Å². The second-order valence-electron chi connectivity index (χ2n) is 3.65. The lowest BCUT2D eigenvalue weighted by Crippen LogP contribution is -2.15. The monoisotopic (exact) mass is 275 g/mol. The van der Waals surface area contributed by atoms with Crippen molar-refractivity contribution in [1.82, 2.24) is 0 Å². The third kappa shape index (κ3) is 3.12. The first kappa shape index (κ1) is 14.7. The van der Waals surface area contributed by atoms with Gasteiger partial charge < -0.3 is 14.6 Å². The Morgan fingerprint density at radius 1 is 1.28 bits per heavy atom. The smallest absolute Gasteiger partial charge is 0.238 e. The quantitative estimate of drug-likeness (QED) is 0.776. The molecule has 0 aliphatic carbocycles. The number of hydrogen-bond donors (Lipinski definition) is 2. The molecule has 0 heterocycles. The summed E-state index contributed by atoms with van der Waals surface area (Å²) in [6, 6.07) is 2.87. The molecule has 0 aliphatic heterocycles. The summed E-state index contributed by atoms with van der Waals surface area (Å²) in [7, 11) is -0.952. The second-order valence-corrected chi connectivity index (χ2v) is 5.18. The van der Waals surface area contributed by atoms with E-state index < -0.39 is 10.0 Å². The second kappa shape index (κ2) is 6.03. The highest BCUT2D eigenvalue weighted by molar-refractivity contribution is 7.89. The lowest BCUT2D eigenvalue weighted by atomic mass is 10.1. The van der Waals surface area contributed by atoms with Crippen LogP contribution in [-0.4, -0.2) is 34.4 Å². The van der Waals surface area contributed by atoms with Gasteiger partial charge in [0.05, 0.1) is 19.1 Å². The standard InChI is InChI=1S/C11H17NO5S/c1-16-9-5-6-10(18(12,14)15)8(4-3-7-13)11(9)17-2/h5-6,13H,3-4,7H2,1-2H3,(H2,12,14,15). The van der Waals surface area contributed by atoms with E-state index in [1.54, 1.807) is 0 Å². The third-order valence-corrected chi connectivity index (χ3v) is 3.49. The summed E-state index contributed by atoms with van der Waals surface area (Å²) in [5.74, 6) is 0.760. The van der Waals surface area contributed by atoms with Crippen LogP contribution in [0.2, 0.25) is 0 Å². The summed E-state index contributed by atoms with van der Waals surface area (Å²) >= 11 is 0. The largest absolute Gasteiger partial charge is 0.493 e. The molecule has 0 aliphatic rings. The van der Waals surface area contributed by atoms with Crippen LogP contribution in [0.25, 0.3) is 0 Å². The van der Waals surface area contributed by atoms with Crippen LogP contribution in [0.1, 0.15) is 12.0 Å². The van der Waals surface area contributed by atoms with E-state index in [-0.39, 0.29) is 11.5 Å². The van der Waals surface area contributed by atoms with Crippen LogP contribution < -0.4 is 14.6 Å². The fourth-order valence-corrected chi connectivity index (χ4v) is 2.53. The number of sulfonamides is 1. The molecule has 0 unspecified atom stereocenters. The molecular weight excluding hydrogens is 258 g/mol. The summed E-state index contributed by atoms with van der Waals surface area (Å²) in [6.45, 7) is -0.0512. The first-order valence-electron chi connectivity index (χ1n) is 5.33. The Morgan fingerprint density at radius 2 is 1.94 bits per heavy atom. The van der Waals surface area contributed by atoms with E-state index in [0.29, 0.717) is 29.9 Å². The van der Waals surface area contributed by atoms with E-state index in [1.165, 1.54) is 26.4 Å². The maximum Gasteiger partial charge on any atom is 0.238 e. The van der Waals surface area contributed by atoms with Gasteiger partial charge in [-0.25, -0.2) is 13.6 Å². The molecule has 1 rings (SSSR count). The van der Waals surface area contributed by atoms with E-state index in [9.17, 15) is 8.42 Å². The predicted octanol–water partition coefficient (Wildman–Crippen LogP) is 0.276. The van der Waals surface area contributed by atoms with Crippen LogP contribution in [0.15, 0.2) is 17.0 Å². The number of aliphatic hydroxyl groups is 1. The molecular formula is C11H17NO5S. The van der Waals surface area contributed by atoms with Crippen molar-refractivity contribution in [3.05, 3.63) is 17.7 Å². The molecule has 7 heteroatoms. The first-order chi connectivity index (χ1) is 8.45. The summed E-state index contributed by atoms with van der Waals surface area (Å²) < 4.78 is 33.3. The lowest BCUT2D eigenvalue weighted by Gasteiger charge is -2.15. The Balaban J connectivity index is 3.44. The van der Waals surface area contributed by atoms with Gasteiger partial charge >= 0.3 is 0 Å². The maximum atomic E-state index is 11.5. The summed E-state index contributed by atoms with van der Waals surface area (Å²) in [5.41, 5.74) is 0.424. The van der Waals surface area contributed by atoms with Crippen LogP contribution in [0.5, 0.6) is 11.5 Å². The fourth-order valence-electron chi connectivity index (χ4n) is 1.73. The minimum absolute atomic E-state index is 0.00593. The predicted molar refractivity (Wildman–Crippen MR) is 66.3 cm³/mol. The number of primary sulfonamides is 1. The molecule has 0 atom stereocenters. The van der Waals surface area contributed by atoms with Crippen molar-refractivity contribution in [2.24, 2.45) is 5.14 Å². The average molecular weight is 275 g/mol. The molecule has 0 spiro atoms. The van der Waals surface area contributed by atoms with Crippen molar-refractivity contribution in [3.8, 4) is 11.5 Å². The first-order valence-corrected chi connectivity index (χ1v) is 6.87. The minimum atomic E-state index is -3.84. The van der Waals surface area contributed by atoms with E-state index in [1.807, 2.05) is 0 Å². The van der Waals surface area contributed by atoms with E-state index in [4.69, 9.17) is 19.7 Å². The molecule has 1 aromatic rings. The fraction of sp³-hybridized carbons (Fsp3) is 0.455. The molecule has 0 amide bonds. The molecule has 102 valence electrons. The van der Waals surface area contributed by atoms with Gasteiger partial charge in [-0.05, 0) is 25.0 Å². The van der Waals surface area contributed by atoms with Crippen LogP contribution in [0.4, 0.5) is 0 Å². The maximum absolute atomic E-state index is 11.5. The Morgan fingerprint density at radius 3 is 2.39 bits per heavy atom. The number of aliphatic hydroxyl groups excluding tert-OH is 1. The molecule has 6 nitrogen and oxygen atoms in total. The van der Waals surface area contributed by atoms with Crippen LogP contribution in [-0.2, 0) is 16.4 Å². The molecule has 0 aromatic heterocycles. The molecule has 0 radical (unpaired) electrons. The van der Waals surface area contributed by atoms with Gasteiger partial charge in [0.25, 0.3) is 0 Å². The van der Waals surface area contributed by atoms with E-state index >= 15 is 0 Å². The number of methoxy groups -OCH3 is 2. The molecule has 0 saturated carbocycles. The van der Waals surface area contributed by atoms with Crippen molar-refractivity contribution in [3.63, 3.8) is 0 Å². The third-order valence-electron chi connectivity index (χ3n) is 2.50. The van der Waals surface area contributed by atoms with E-state index in [2.05, 4.69) is 0 Å². The Hall–Kier alpha value is -1.31. The summed E-state index contributed by atoms with van der Waals surface area (Å²) in [6.07, 6.45) is 0.745. The van der Waals surface area contributed by atoms with Crippen LogP contribution in [0, 0.1) is 0 Å². The molecule has 3 N–H and O–H groups in total. The Kier molecular flexibility index (Phi) is 4.94. The van der Waals surface area contributed by atoms with Crippen molar-refractivity contribution < 1.29 is 23.0 Å². The molecule has 0 bridgehead atoms. The zero-order valence-corrected chi connectivity index (χ0v) is 11.2. The zero-order valence-electron chi connectivity index (χ0n) is 10.3. The van der Waals surface area contributed by atoms with Gasteiger partial charge in [-0.15, -0.1) is 0 Å². The highest BCUT2D eigenvalue weighted by atomic mass is 32.2. The average Bonchev–Trinajstić information content (AvgIpc) is 2.33. The van der Waals surface area contributed by atoms with Gasteiger partial charge in [0.1, 0.15) is 0 Å². The number of hydrogen-bond acceptors (Lipinski definition) is 5. The van der Waals surface area contributed by atoms with Crippen LogP contribution in [0.3, 0.4) is 0 Å². The zero-order chi connectivity index (χ0) is 13.8. The van der Waals surface area contributed by atoms with Gasteiger partial charge in [-0.2, -0.15) is 0 Å². The van der Waals surface area contributed by atoms with Gasteiger partial charge in [0.2, 0.25) is 10.0 Å². The molecule has 0 saturated heterocycles. The van der Waals surface area contributed by atoms with Gasteiger partial charge in [-0.3, -0.25) is 0 Å². The number of benzene rings is 1. The highest BCUT2D eigenvalue weighted by Crippen LogP contribution is 2.35. The van der Waals surface area contributed by atoms with Crippen molar-refractivity contribution in [2.45, 2.75) is 17.7 Å². The van der Waals surface area contributed by atoms with Crippen molar-refractivity contribution >= 4 is 10.0 Å². The van der Waals surface area contributed by atoms with Gasteiger partial charge in [0, 0.05) is 12.2 Å². The van der Waals surface area contributed by atoms with Gasteiger partial charge in [-0.1, -0.05) is 0 Å². The minimum Gasteiger partial charge on any atom is -0.493 e. The number of nitrogens with two attached hydrogens (primary N) is 1. The Labute approximate surface area is 106 Å². The molecule has 18 heavy (non-hydrogen) atoms. The van der Waals surface area contributed by atoms with E-state index in [0.717, 1.165) is 0 Å².